The van der Waals surface area contributed by atoms with Gasteiger partial charge >= 0.3 is 0 Å². The second-order valence-electron chi connectivity index (χ2n) is 5.01. The highest BCUT2D eigenvalue weighted by molar-refractivity contribution is 6.58. The number of ketones is 2. The summed E-state index contributed by atoms with van der Waals surface area (Å²) in [5.74, 6) is -3.35. The third-order valence-electron chi connectivity index (χ3n) is 3.50. The van der Waals surface area contributed by atoms with E-state index < -0.39 is 28.8 Å². The molecule has 1 aliphatic carbocycles. The predicted octanol–water partition coefficient (Wildman–Crippen LogP) is 3.67. The van der Waals surface area contributed by atoms with Crippen molar-refractivity contribution in [3.8, 4) is 0 Å². The van der Waals surface area contributed by atoms with Crippen LogP contribution in [0.2, 0.25) is 10.0 Å². The predicted molar refractivity (Wildman–Crippen MR) is 90.4 cm³/mol. The Morgan fingerprint density at radius 2 is 1.58 bits per heavy atom. The van der Waals surface area contributed by atoms with Crippen molar-refractivity contribution in [2.24, 2.45) is 0 Å². The summed E-state index contributed by atoms with van der Waals surface area (Å²) in [6.07, 6.45) is 0. The highest BCUT2D eigenvalue weighted by Gasteiger charge is 2.36. The zero-order valence-electron chi connectivity index (χ0n) is 12.0. The Hall–Kier alpha value is -2.63. The van der Waals surface area contributed by atoms with E-state index in [2.05, 4.69) is 5.32 Å². The van der Waals surface area contributed by atoms with Crippen molar-refractivity contribution in [2.45, 2.75) is 0 Å². The van der Waals surface area contributed by atoms with Gasteiger partial charge < -0.3 is 10.4 Å². The molecule has 0 saturated carbocycles. The molecule has 0 unspecified atom stereocenters. The minimum Gasteiger partial charge on any atom is -0.506 e. The number of carbonyl (C=O) groups is 3. The molecule has 0 fully saturated rings. The van der Waals surface area contributed by atoms with Gasteiger partial charge in [-0.15, -0.1) is 0 Å². The Kier molecular flexibility index (Phi) is 4.13. The van der Waals surface area contributed by atoms with Crippen molar-refractivity contribution in [3.63, 3.8) is 0 Å². The molecule has 1 aliphatic rings. The lowest BCUT2D eigenvalue weighted by molar-refractivity contribution is -0.118. The van der Waals surface area contributed by atoms with Crippen LogP contribution in [-0.2, 0) is 9.59 Å². The summed E-state index contributed by atoms with van der Waals surface area (Å²) in [7, 11) is 0. The summed E-state index contributed by atoms with van der Waals surface area (Å²) >= 11 is 11.7. The maximum absolute atomic E-state index is 12.4. The van der Waals surface area contributed by atoms with Gasteiger partial charge in [0.1, 0.15) is 11.3 Å². The van der Waals surface area contributed by atoms with Crippen LogP contribution in [0.25, 0.3) is 5.76 Å². The highest BCUT2D eigenvalue weighted by Crippen LogP contribution is 2.29. The van der Waals surface area contributed by atoms with Crippen LogP contribution in [0.3, 0.4) is 0 Å². The molecule has 0 radical (unpaired) electrons. The number of anilines is 1. The fourth-order valence-electron chi connectivity index (χ4n) is 2.34. The first-order valence-corrected chi connectivity index (χ1v) is 7.54. The van der Waals surface area contributed by atoms with Crippen LogP contribution in [-0.4, -0.2) is 22.6 Å². The summed E-state index contributed by atoms with van der Waals surface area (Å²) in [6, 6.07) is 10.4. The van der Waals surface area contributed by atoms with Gasteiger partial charge in [0, 0.05) is 16.8 Å². The summed E-state index contributed by atoms with van der Waals surface area (Å²) in [5, 5.41) is 13.2. The van der Waals surface area contributed by atoms with Crippen molar-refractivity contribution < 1.29 is 19.5 Å². The molecule has 2 N–H and O–H groups in total. The van der Waals surface area contributed by atoms with Crippen LogP contribution in [0.15, 0.2) is 48.0 Å². The third kappa shape index (κ3) is 2.68. The van der Waals surface area contributed by atoms with E-state index in [4.69, 9.17) is 23.2 Å². The maximum Gasteiger partial charge on any atom is 0.263 e. The maximum atomic E-state index is 12.4. The van der Waals surface area contributed by atoms with Gasteiger partial charge in [-0.25, -0.2) is 0 Å². The Morgan fingerprint density at radius 1 is 0.917 bits per heavy atom. The molecule has 2 aromatic carbocycles. The SMILES string of the molecule is O=C(Nc1ccc(Cl)c(Cl)c1)C1=C(O)c2ccccc2C(=O)C1=O. The van der Waals surface area contributed by atoms with Gasteiger partial charge in [-0.05, 0) is 18.2 Å². The van der Waals surface area contributed by atoms with Crippen molar-refractivity contribution >= 4 is 52.1 Å². The lowest BCUT2D eigenvalue weighted by Crippen LogP contribution is -2.31. The van der Waals surface area contributed by atoms with Gasteiger partial charge in [0.15, 0.2) is 0 Å². The van der Waals surface area contributed by atoms with Crippen molar-refractivity contribution in [3.05, 3.63) is 69.2 Å². The summed E-state index contributed by atoms with van der Waals surface area (Å²) in [5.41, 5.74) is -0.133. The normalized spacial score (nSPS) is 13.8. The standard InChI is InChI=1S/C17H9Cl2NO4/c18-11-6-5-8(7-12(11)19)20-17(24)13-14(21)9-3-1-2-4-10(9)15(22)16(13)23/h1-7,21H,(H,20,24). The average molecular weight is 362 g/mol. The van der Waals surface area contributed by atoms with Gasteiger partial charge in [0.05, 0.1) is 10.0 Å². The molecule has 0 aliphatic heterocycles. The number of Topliss-reactive ketones (excluding diaryl/α,β-unsaturated/α-hetero) is 2. The lowest BCUT2D eigenvalue weighted by Gasteiger charge is -2.17. The van der Waals surface area contributed by atoms with Gasteiger partial charge in [-0.1, -0.05) is 47.5 Å². The van der Waals surface area contributed by atoms with Crippen LogP contribution >= 0.6 is 23.2 Å². The first-order valence-electron chi connectivity index (χ1n) is 6.78. The third-order valence-corrected chi connectivity index (χ3v) is 4.24. The summed E-state index contributed by atoms with van der Waals surface area (Å²) in [6.45, 7) is 0. The van der Waals surface area contributed by atoms with Crippen LogP contribution in [0.5, 0.6) is 0 Å². The largest absolute Gasteiger partial charge is 0.506 e. The number of amides is 1. The fraction of sp³-hybridized carbons (Fsp3) is 0. The van der Waals surface area contributed by atoms with E-state index in [1.165, 1.54) is 30.3 Å². The molecule has 0 aromatic heterocycles. The van der Waals surface area contributed by atoms with Crippen LogP contribution in [0, 0.1) is 0 Å². The summed E-state index contributed by atoms with van der Waals surface area (Å²) < 4.78 is 0. The number of fused-ring (bicyclic) bond motifs is 1. The molecule has 0 heterocycles. The average Bonchev–Trinajstić information content (AvgIpc) is 2.56. The van der Waals surface area contributed by atoms with Gasteiger partial charge in [-0.2, -0.15) is 0 Å². The number of aliphatic hydroxyl groups is 1. The fourth-order valence-corrected chi connectivity index (χ4v) is 2.64. The molecule has 24 heavy (non-hydrogen) atoms. The van der Waals surface area contributed by atoms with E-state index in [-0.39, 0.29) is 21.8 Å². The molecule has 7 heteroatoms. The molecular formula is C17H9Cl2NO4. The number of hydrogen-bond donors (Lipinski definition) is 2. The minimum absolute atomic E-state index is 0.0612. The van der Waals surface area contributed by atoms with E-state index >= 15 is 0 Å². The molecule has 0 atom stereocenters. The highest BCUT2D eigenvalue weighted by atomic mass is 35.5. The zero-order valence-corrected chi connectivity index (χ0v) is 13.5. The molecule has 5 nitrogen and oxygen atoms in total. The Balaban J connectivity index is 2.01. The Labute approximate surface area is 146 Å². The van der Waals surface area contributed by atoms with E-state index in [0.717, 1.165) is 0 Å². The van der Waals surface area contributed by atoms with Crippen molar-refractivity contribution in [2.75, 3.05) is 5.32 Å². The number of rotatable bonds is 2. The van der Waals surface area contributed by atoms with E-state index in [9.17, 15) is 19.5 Å². The minimum atomic E-state index is -1.07. The van der Waals surface area contributed by atoms with E-state index in [0.29, 0.717) is 5.02 Å². The first kappa shape index (κ1) is 16.2. The number of hydrogen-bond acceptors (Lipinski definition) is 4. The Morgan fingerprint density at radius 3 is 2.25 bits per heavy atom. The van der Waals surface area contributed by atoms with Crippen LogP contribution in [0.1, 0.15) is 15.9 Å². The van der Waals surface area contributed by atoms with E-state index in [1.807, 2.05) is 0 Å². The lowest BCUT2D eigenvalue weighted by atomic mass is 9.88. The number of carbonyl (C=O) groups excluding carboxylic acids is 3. The van der Waals surface area contributed by atoms with Crippen molar-refractivity contribution in [1.82, 2.24) is 0 Å². The van der Waals surface area contributed by atoms with E-state index in [1.54, 1.807) is 12.1 Å². The molecule has 0 spiro atoms. The van der Waals surface area contributed by atoms with Gasteiger partial charge in [-0.3, -0.25) is 14.4 Å². The van der Waals surface area contributed by atoms with Crippen molar-refractivity contribution in [1.29, 1.82) is 0 Å². The van der Waals surface area contributed by atoms with Gasteiger partial charge in [0.25, 0.3) is 5.91 Å². The smallest absolute Gasteiger partial charge is 0.263 e. The number of benzene rings is 2. The number of halogens is 2. The molecule has 3 rings (SSSR count). The quantitative estimate of drug-likeness (QED) is 0.631. The first-order chi connectivity index (χ1) is 11.4. The Bertz CT molecular complexity index is 934. The van der Waals surface area contributed by atoms with Crippen LogP contribution in [0.4, 0.5) is 5.69 Å². The zero-order chi connectivity index (χ0) is 17.4. The van der Waals surface area contributed by atoms with Crippen LogP contribution < -0.4 is 5.32 Å². The second kappa shape index (κ2) is 6.11. The van der Waals surface area contributed by atoms with Gasteiger partial charge in [0.2, 0.25) is 11.6 Å². The number of aliphatic hydroxyl groups excluding tert-OH is 1. The summed E-state index contributed by atoms with van der Waals surface area (Å²) in [4.78, 5) is 36.7. The number of nitrogens with one attached hydrogen (secondary N) is 1. The monoisotopic (exact) mass is 361 g/mol. The molecule has 0 bridgehead atoms. The topological polar surface area (TPSA) is 83.5 Å². The molecular weight excluding hydrogens is 353 g/mol. The molecule has 2 aromatic rings. The molecule has 0 saturated heterocycles. The molecule has 1 amide bonds. The second-order valence-corrected chi connectivity index (χ2v) is 5.82. The molecule has 120 valence electrons.